The molecule has 0 aliphatic heterocycles. The highest BCUT2D eigenvalue weighted by Crippen LogP contribution is 2.30. The van der Waals surface area contributed by atoms with Gasteiger partial charge in [0.15, 0.2) is 0 Å². The van der Waals surface area contributed by atoms with Crippen molar-refractivity contribution in [2.45, 2.75) is 0 Å². The topological polar surface area (TPSA) is 30.2 Å². The summed E-state index contributed by atoms with van der Waals surface area (Å²) in [6.45, 7) is 0. The number of fused-ring (bicyclic) bond motifs is 1. The van der Waals surface area contributed by atoms with Gasteiger partial charge in [0.25, 0.3) is 0 Å². The van der Waals surface area contributed by atoms with E-state index < -0.39 is 0 Å². The molecule has 0 unspecified atom stereocenters. The summed E-state index contributed by atoms with van der Waals surface area (Å²) >= 11 is 6.20. The van der Waals surface area contributed by atoms with Crippen molar-refractivity contribution in [3.05, 3.63) is 105 Å². The van der Waals surface area contributed by atoms with E-state index in [0.29, 0.717) is 16.2 Å². The molecule has 1 aromatic heterocycles. The molecule has 4 rings (SSSR count). The van der Waals surface area contributed by atoms with Crippen LogP contribution in [0.25, 0.3) is 34.2 Å². The molecule has 0 spiro atoms. The molecule has 0 radical (unpaired) electrons. The molecule has 0 fully saturated rings. The zero-order valence-corrected chi connectivity index (χ0v) is 14.6. The zero-order valence-electron chi connectivity index (χ0n) is 13.9. The van der Waals surface area contributed by atoms with Crippen molar-refractivity contribution >= 4 is 34.7 Å². The molecule has 3 heteroatoms. The Balaban J connectivity index is 2.02. The van der Waals surface area contributed by atoms with Crippen LogP contribution in [-0.2, 0) is 0 Å². The minimum Gasteiger partial charge on any atom is -0.422 e. The number of benzene rings is 3. The van der Waals surface area contributed by atoms with Crippen LogP contribution in [0.2, 0.25) is 5.02 Å². The third-order valence-corrected chi connectivity index (χ3v) is 4.45. The van der Waals surface area contributed by atoms with Crippen molar-refractivity contribution in [2.75, 3.05) is 0 Å². The Kier molecular flexibility index (Phi) is 4.42. The van der Waals surface area contributed by atoms with Crippen LogP contribution in [0, 0.1) is 0 Å². The Morgan fingerprint density at radius 2 is 1.50 bits per heavy atom. The van der Waals surface area contributed by atoms with Gasteiger partial charge in [-0.25, -0.2) is 4.79 Å². The average Bonchev–Trinajstić information content (AvgIpc) is 2.68. The van der Waals surface area contributed by atoms with Crippen LogP contribution in [-0.4, -0.2) is 0 Å². The van der Waals surface area contributed by atoms with Gasteiger partial charge in [-0.15, -0.1) is 0 Å². The third kappa shape index (κ3) is 3.19. The van der Waals surface area contributed by atoms with Crippen molar-refractivity contribution in [3.8, 4) is 11.1 Å². The Hall–Kier alpha value is -3.10. The molecule has 0 saturated heterocycles. The molecule has 1 heterocycles. The summed E-state index contributed by atoms with van der Waals surface area (Å²) in [6.07, 6.45) is 3.94. The lowest BCUT2D eigenvalue weighted by molar-refractivity contribution is 0.563. The van der Waals surface area contributed by atoms with Gasteiger partial charge in [0.1, 0.15) is 5.58 Å². The summed E-state index contributed by atoms with van der Waals surface area (Å²) < 4.78 is 5.55. The first-order chi connectivity index (χ1) is 12.7. The van der Waals surface area contributed by atoms with Gasteiger partial charge in [-0.1, -0.05) is 84.4 Å². The molecular formula is C23H15ClO2. The molecule has 4 aromatic rings. The van der Waals surface area contributed by atoms with Crippen molar-refractivity contribution < 1.29 is 4.42 Å². The summed E-state index contributed by atoms with van der Waals surface area (Å²) in [5.74, 6) is 0. The smallest absolute Gasteiger partial charge is 0.344 e. The van der Waals surface area contributed by atoms with E-state index in [-0.39, 0.29) is 5.63 Å². The fourth-order valence-corrected chi connectivity index (χ4v) is 3.16. The Bertz CT molecular complexity index is 1140. The quantitative estimate of drug-likeness (QED) is 0.403. The number of hydrogen-bond acceptors (Lipinski definition) is 2. The van der Waals surface area contributed by atoms with Gasteiger partial charge in [-0.05, 0) is 29.3 Å². The minimum absolute atomic E-state index is 0.362. The van der Waals surface area contributed by atoms with Gasteiger partial charge in [-0.3, -0.25) is 0 Å². The monoisotopic (exact) mass is 358 g/mol. The lowest BCUT2D eigenvalue weighted by Crippen LogP contribution is -2.06. The van der Waals surface area contributed by atoms with Crippen molar-refractivity contribution in [1.82, 2.24) is 0 Å². The van der Waals surface area contributed by atoms with Crippen LogP contribution in [0.1, 0.15) is 11.1 Å². The highest BCUT2D eigenvalue weighted by Gasteiger charge is 2.14. The molecule has 0 aliphatic carbocycles. The predicted octanol–water partition coefficient (Wildman–Crippen LogP) is 6.28. The number of rotatable bonds is 3. The maximum Gasteiger partial charge on any atom is 0.344 e. The van der Waals surface area contributed by atoms with Gasteiger partial charge in [0.2, 0.25) is 0 Å². The van der Waals surface area contributed by atoms with Gasteiger partial charge in [-0.2, -0.15) is 0 Å². The van der Waals surface area contributed by atoms with Crippen LogP contribution < -0.4 is 5.63 Å². The highest BCUT2D eigenvalue weighted by atomic mass is 35.5. The van der Waals surface area contributed by atoms with Crippen LogP contribution >= 0.6 is 11.6 Å². The third-order valence-electron chi connectivity index (χ3n) is 4.21. The summed E-state index contributed by atoms with van der Waals surface area (Å²) in [6, 6.07) is 24.8. The first-order valence-electron chi connectivity index (χ1n) is 8.27. The van der Waals surface area contributed by atoms with Crippen LogP contribution in [0.15, 0.2) is 88.1 Å². The molecule has 0 N–H and O–H groups in total. The van der Waals surface area contributed by atoms with E-state index in [1.165, 1.54) is 0 Å². The Labute approximate surface area is 156 Å². The first kappa shape index (κ1) is 16.4. The molecule has 0 saturated carbocycles. The average molecular weight is 359 g/mol. The number of halogens is 1. The fraction of sp³-hybridized carbons (Fsp3) is 0. The lowest BCUT2D eigenvalue weighted by atomic mass is 9.97. The van der Waals surface area contributed by atoms with Gasteiger partial charge in [0.05, 0.1) is 5.56 Å². The Morgan fingerprint density at radius 3 is 2.23 bits per heavy atom. The molecule has 2 nitrogen and oxygen atoms in total. The number of hydrogen-bond donors (Lipinski definition) is 0. The van der Waals surface area contributed by atoms with Gasteiger partial charge >= 0.3 is 5.63 Å². The van der Waals surface area contributed by atoms with E-state index in [0.717, 1.165) is 22.1 Å². The molecule has 126 valence electrons. The second kappa shape index (κ2) is 7.03. The summed E-state index contributed by atoms with van der Waals surface area (Å²) in [7, 11) is 0. The zero-order chi connectivity index (χ0) is 17.9. The molecule has 0 atom stereocenters. The van der Waals surface area contributed by atoms with Crippen LogP contribution in [0.3, 0.4) is 0 Å². The molecule has 0 bridgehead atoms. The van der Waals surface area contributed by atoms with Crippen molar-refractivity contribution in [3.63, 3.8) is 0 Å². The second-order valence-electron chi connectivity index (χ2n) is 5.93. The summed E-state index contributed by atoms with van der Waals surface area (Å²) in [5.41, 5.74) is 3.36. The summed E-state index contributed by atoms with van der Waals surface area (Å²) in [4.78, 5) is 12.7. The fourth-order valence-electron chi connectivity index (χ4n) is 2.99. The van der Waals surface area contributed by atoms with Crippen LogP contribution in [0.5, 0.6) is 0 Å². The van der Waals surface area contributed by atoms with Crippen LogP contribution in [0.4, 0.5) is 0 Å². The largest absolute Gasteiger partial charge is 0.422 e. The standard InChI is InChI=1S/C23H15ClO2/c24-18-12-14-21-20(15-18)19(13-11-16-7-3-1-4-8-16)22(23(25)26-21)17-9-5-2-6-10-17/h1-15H/b13-11+. The second-order valence-corrected chi connectivity index (χ2v) is 6.37. The van der Waals surface area contributed by atoms with E-state index in [1.807, 2.05) is 78.9 Å². The maximum atomic E-state index is 12.7. The van der Waals surface area contributed by atoms with Crippen molar-refractivity contribution in [1.29, 1.82) is 0 Å². The molecule has 26 heavy (non-hydrogen) atoms. The summed E-state index contributed by atoms with van der Waals surface area (Å²) in [5, 5.41) is 1.41. The normalized spacial score (nSPS) is 11.3. The molecule has 0 aliphatic rings. The first-order valence-corrected chi connectivity index (χ1v) is 8.65. The van der Waals surface area contributed by atoms with Gasteiger partial charge in [0, 0.05) is 16.0 Å². The highest BCUT2D eigenvalue weighted by molar-refractivity contribution is 6.31. The molecular weight excluding hydrogens is 344 g/mol. The Morgan fingerprint density at radius 1 is 0.808 bits per heavy atom. The van der Waals surface area contributed by atoms with E-state index in [1.54, 1.807) is 12.1 Å². The SMILES string of the molecule is O=c1oc2ccc(Cl)cc2c(/C=C/c2ccccc2)c1-c1ccccc1. The minimum atomic E-state index is -0.362. The lowest BCUT2D eigenvalue weighted by Gasteiger charge is -2.09. The van der Waals surface area contributed by atoms with E-state index in [9.17, 15) is 4.79 Å². The van der Waals surface area contributed by atoms with E-state index in [2.05, 4.69) is 0 Å². The van der Waals surface area contributed by atoms with Crippen molar-refractivity contribution in [2.24, 2.45) is 0 Å². The predicted molar refractivity (Wildman–Crippen MR) is 108 cm³/mol. The van der Waals surface area contributed by atoms with E-state index >= 15 is 0 Å². The van der Waals surface area contributed by atoms with E-state index in [4.69, 9.17) is 16.0 Å². The molecule has 3 aromatic carbocycles. The maximum absolute atomic E-state index is 12.7. The van der Waals surface area contributed by atoms with Gasteiger partial charge < -0.3 is 4.42 Å². The molecule has 0 amide bonds.